The Hall–Kier alpha value is -0.120. The Morgan fingerprint density at radius 1 is 1.35 bits per heavy atom. The molecular weight excluding hydrogens is 306 g/mol. The fourth-order valence-electron chi connectivity index (χ4n) is 1.71. The third kappa shape index (κ3) is 4.57. The molecule has 0 spiro atoms. The van der Waals surface area contributed by atoms with Crippen molar-refractivity contribution in [3.63, 3.8) is 0 Å². The van der Waals surface area contributed by atoms with E-state index in [2.05, 4.69) is 22.9 Å². The largest absolute Gasteiger partial charge is 0.388 e. The monoisotopic (exact) mass is 322 g/mol. The molecule has 1 unspecified atom stereocenters. The Bertz CT molecular complexity index is 371. The molecule has 1 rings (SSSR count). The number of unbranched alkanes of at least 4 members (excludes halogenated alkanes) is 3. The maximum atomic E-state index is 13.6. The molecule has 0 fully saturated rings. The molecule has 0 heterocycles. The molecular formula is C13H17BrClFO. The second kappa shape index (κ2) is 7.34. The van der Waals surface area contributed by atoms with Crippen molar-refractivity contribution in [3.05, 3.63) is 33.0 Å². The van der Waals surface area contributed by atoms with Crippen LogP contribution in [0.1, 0.15) is 50.7 Å². The molecule has 1 aromatic rings. The molecule has 1 atom stereocenters. The van der Waals surface area contributed by atoms with Crippen LogP contribution in [0.25, 0.3) is 0 Å². The van der Waals surface area contributed by atoms with Crippen LogP contribution < -0.4 is 0 Å². The lowest BCUT2D eigenvalue weighted by atomic mass is 10.0. The van der Waals surface area contributed by atoms with Crippen molar-refractivity contribution in [1.82, 2.24) is 0 Å². The average molecular weight is 324 g/mol. The number of aliphatic hydroxyl groups excluding tert-OH is 1. The molecule has 0 aliphatic carbocycles. The highest BCUT2D eigenvalue weighted by Crippen LogP contribution is 2.30. The summed E-state index contributed by atoms with van der Waals surface area (Å²) in [6.07, 6.45) is 4.08. The van der Waals surface area contributed by atoms with Gasteiger partial charge < -0.3 is 5.11 Å². The normalized spacial score (nSPS) is 12.8. The predicted octanol–water partition coefficient (Wildman–Crippen LogP) is 5.25. The fraction of sp³-hybridized carbons (Fsp3) is 0.538. The van der Waals surface area contributed by atoms with Gasteiger partial charge >= 0.3 is 0 Å². The van der Waals surface area contributed by atoms with E-state index < -0.39 is 11.9 Å². The summed E-state index contributed by atoms with van der Waals surface area (Å²) in [5.41, 5.74) is 0.287. The van der Waals surface area contributed by atoms with Gasteiger partial charge in [0.1, 0.15) is 5.82 Å². The molecule has 4 heteroatoms. The molecule has 0 aliphatic rings. The first kappa shape index (κ1) is 14.9. The zero-order chi connectivity index (χ0) is 12.8. The van der Waals surface area contributed by atoms with Gasteiger partial charge in [0.2, 0.25) is 0 Å². The van der Waals surface area contributed by atoms with Crippen molar-refractivity contribution >= 4 is 27.5 Å². The lowest BCUT2D eigenvalue weighted by molar-refractivity contribution is 0.159. The third-order valence-electron chi connectivity index (χ3n) is 2.73. The number of benzene rings is 1. The first-order valence-corrected chi connectivity index (χ1v) is 7.05. The third-order valence-corrected chi connectivity index (χ3v) is 3.93. The van der Waals surface area contributed by atoms with Crippen molar-refractivity contribution in [2.75, 3.05) is 0 Å². The van der Waals surface area contributed by atoms with Crippen LogP contribution >= 0.6 is 27.5 Å². The van der Waals surface area contributed by atoms with E-state index in [1.165, 1.54) is 12.1 Å². The van der Waals surface area contributed by atoms with E-state index >= 15 is 0 Å². The summed E-state index contributed by atoms with van der Waals surface area (Å²) in [6.45, 7) is 2.13. The summed E-state index contributed by atoms with van der Waals surface area (Å²) in [7, 11) is 0. The van der Waals surface area contributed by atoms with Crippen molar-refractivity contribution < 1.29 is 9.50 Å². The summed E-state index contributed by atoms with van der Waals surface area (Å²) in [5.74, 6) is -0.413. The van der Waals surface area contributed by atoms with Crippen LogP contribution in [0, 0.1) is 5.82 Å². The Morgan fingerprint density at radius 3 is 2.71 bits per heavy atom. The number of hydrogen-bond acceptors (Lipinski definition) is 1. The molecule has 1 N–H and O–H groups in total. The fourth-order valence-corrected chi connectivity index (χ4v) is 2.20. The van der Waals surface area contributed by atoms with E-state index in [1.54, 1.807) is 0 Å². The van der Waals surface area contributed by atoms with Crippen LogP contribution in [0.2, 0.25) is 5.02 Å². The van der Waals surface area contributed by atoms with Crippen LogP contribution in [0.4, 0.5) is 4.39 Å². The zero-order valence-corrected chi connectivity index (χ0v) is 12.2. The van der Waals surface area contributed by atoms with E-state index in [-0.39, 0.29) is 5.56 Å². The summed E-state index contributed by atoms with van der Waals surface area (Å²) in [4.78, 5) is 0. The predicted molar refractivity (Wildman–Crippen MR) is 72.8 cm³/mol. The summed E-state index contributed by atoms with van der Waals surface area (Å²) >= 11 is 9.04. The van der Waals surface area contributed by atoms with Crippen molar-refractivity contribution in [1.29, 1.82) is 0 Å². The van der Waals surface area contributed by atoms with Gasteiger partial charge in [-0.05, 0) is 34.5 Å². The van der Waals surface area contributed by atoms with Gasteiger partial charge in [-0.1, -0.05) is 44.2 Å². The molecule has 17 heavy (non-hydrogen) atoms. The second-order valence-electron chi connectivity index (χ2n) is 4.15. The maximum absolute atomic E-state index is 13.6. The number of rotatable bonds is 6. The van der Waals surface area contributed by atoms with Gasteiger partial charge in [-0.25, -0.2) is 4.39 Å². The Morgan fingerprint density at radius 2 is 2.06 bits per heavy atom. The van der Waals surface area contributed by atoms with E-state index in [0.29, 0.717) is 15.9 Å². The van der Waals surface area contributed by atoms with E-state index in [9.17, 15) is 9.50 Å². The van der Waals surface area contributed by atoms with Gasteiger partial charge in [-0.3, -0.25) is 0 Å². The topological polar surface area (TPSA) is 20.2 Å². The Labute approximate surface area is 115 Å². The molecule has 96 valence electrons. The first-order chi connectivity index (χ1) is 8.06. The van der Waals surface area contributed by atoms with E-state index in [4.69, 9.17) is 11.6 Å². The van der Waals surface area contributed by atoms with Gasteiger partial charge in [0.25, 0.3) is 0 Å². The minimum atomic E-state index is -0.766. The first-order valence-electron chi connectivity index (χ1n) is 5.88. The van der Waals surface area contributed by atoms with Gasteiger partial charge in [0.15, 0.2) is 0 Å². The minimum absolute atomic E-state index is 0.287. The zero-order valence-electron chi connectivity index (χ0n) is 9.85. The number of halogens is 3. The van der Waals surface area contributed by atoms with E-state index in [1.807, 2.05) is 0 Å². The van der Waals surface area contributed by atoms with Crippen LogP contribution in [-0.2, 0) is 0 Å². The molecule has 1 aromatic carbocycles. The molecule has 0 saturated heterocycles. The number of aliphatic hydroxyl groups is 1. The maximum Gasteiger partial charge on any atom is 0.130 e. The Balaban J connectivity index is 2.62. The van der Waals surface area contributed by atoms with Crippen molar-refractivity contribution in [2.24, 2.45) is 0 Å². The molecule has 0 bridgehead atoms. The lowest BCUT2D eigenvalue weighted by Crippen LogP contribution is -2.01. The molecule has 0 amide bonds. The summed E-state index contributed by atoms with van der Waals surface area (Å²) in [5, 5.41) is 10.3. The smallest absolute Gasteiger partial charge is 0.130 e. The molecule has 0 aliphatic heterocycles. The SMILES string of the molecule is CCCCCCC(O)c1cc(Cl)c(Br)cc1F. The summed E-state index contributed by atoms with van der Waals surface area (Å²) in [6, 6.07) is 2.79. The molecule has 0 saturated carbocycles. The van der Waals surface area contributed by atoms with E-state index in [0.717, 1.165) is 25.7 Å². The highest BCUT2D eigenvalue weighted by atomic mass is 79.9. The Kier molecular flexibility index (Phi) is 6.45. The second-order valence-corrected chi connectivity index (χ2v) is 5.41. The van der Waals surface area contributed by atoms with Crippen LogP contribution in [0.5, 0.6) is 0 Å². The lowest BCUT2D eigenvalue weighted by Gasteiger charge is -2.12. The van der Waals surface area contributed by atoms with Crippen LogP contribution in [0.3, 0.4) is 0 Å². The molecule has 0 radical (unpaired) electrons. The molecule has 0 aromatic heterocycles. The average Bonchev–Trinajstić information content (AvgIpc) is 2.29. The standard InChI is InChI=1S/C13H17BrClFO/c1-2-3-4-5-6-13(17)9-7-11(15)10(14)8-12(9)16/h7-8,13,17H,2-6H2,1H3. The summed E-state index contributed by atoms with van der Waals surface area (Å²) < 4.78 is 14.1. The van der Waals surface area contributed by atoms with Gasteiger partial charge in [-0.2, -0.15) is 0 Å². The van der Waals surface area contributed by atoms with Gasteiger partial charge in [0.05, 0.1) is 11.1 Å². The van der Waals surface area contributed by atoms with Crippen molar-refractivity contribution in [2.45, 2.75) is 45.1 Å². The van der Waals surface area contributed by atoms with Gasteiger partial charge in [0, 0.05) is 10.0 Å². The van der Waals surface area contributed by atoms with Crippen molar-refractivity contribution in [3.8, 4) is 0 Å². The van der Waals surface area contributed by atoms with Gasteiger partial charge in [-0.15, -0.1) is 0 Å². The van der Waals surface area contributed by atoms with Crippen LogP contribution in [-0.4, -0.2) is 5.11 Å². The highest BCUT2D eigenvalue weighted by Gasteiger charge is 2.14. The quantitative estimate of drug-likeness (QED) is 0.560. The minimum Gasteiger partial charge on any atom is -0.388 e. The highest BCUT2D eigenvalue weighted by molar-refractivity contribution is 9.10. The number of hydrogen-bond donors (Lipinski definition) is 1. The van der Waals surface area contributed by atoms with Crippen LogP contribution in [0.15, 0.2) is 16.6 Å². The molecule has 1 nitrogen and oxygen atoms in total.